The summed E-state index contributed by atoms with van der Waals surface area (Å²) in [6.07, 6.45) is 0. The largest absolute Gasteiger partial charge is 0.419 e. The quantitative estimate of drug-likeness (QED) is 0.743. The van der Waals surface area contributed by atoms with Crippen LogP contribution >= 0.6 is 15.9 Å². The van der Waals surface area contributed by atoms with E-state index in [4.69, 9.17) is 4.42 Å². The van der Waals surface area contributed by atoms with Crippen molar-refractivity contribution in [2.24, 2.45) is 0 Å². The molecule has 2 heterocycles. The van der Waals surface area contributed by atoms with Gasteiger partial charge in [-0.3, -0.25) is 4.90 Å². The van der Waals surface area contributed by atoms with Crippen LogP contribution in [-0.4, -0.2) is 59.8 Å². The molecule has 0 saturated carbocycles. The Morgan fingerprint density at radius 1 is 1.12 bits per heavy atom. The molecule has 0 N–H and O–H groups in total. The summed E-state index contributed by atoms with van der Waals surface area (Å²) >= 11 is 3.39. The minimum atomic E-state index is -3.10. The summed E-state index contributed by atoms with van der Waals surface area (Å²) in [6.45, 7) is 4.53. The third kappa shape index (κ3) is 4.02. The maximum atomic E-state index is 11.9. The first-order chi connectivity index (χ1) is 11.5. The molecule has 0 bridgehead atoms. The second-order valence-electron chi connectivity index (χ2n) is 5.58. The number of aromatic nitrogens is 2. The van der Waals surface area contributed by atoms with Crippen LogP contribution in [-0.2, 0) is 16.6 Å². The lowest BCUT2D eigenvalue weighted by Crippen LogP contribution is -2.48. The molecule has 0 unspecified atom stereocenters. The van der Waals surface area contributed by atoms with E-state index in [9.17, 15) is 8.42 Å². The van der Waals surface area contributed by atoms with Gasteiger partial charge in [-0.2, -0.15) is 4.31 Å². The van der Waals surface area contributed by atoms with Crippen molar-refractivity contribution >= 4 is 26.0 Å². The standard InChI is InChI=1S/C15H19BrN4O3S/c1-2-24(21,22)20-9-7-19(8-10-20)11-14-17-18-15(23-14)12-3-5-13(16)6-4-12/h3-6H,2,7-11H2,1H3. The summed E-state index contributed by atoms with van der Waals surface area (Å²) in [5.74, 6) is 1.18. The van der Waals surface area contributed by atoms with Gasteiger partial charge in [0.2, 0.25) is 21.8 Å². The number of nitrogens with zero attached hydrogens (tertiary/aromatic N) is 4. The molecule has 1 aromatic heterocycles. The smallest absolute Gasteiger partial charge is 0.247 e. The van der Waals surface area contributed by atoms with Crippen molar-refractivity contribution in [3.05, 3.63) is 34.6 Å². The molecule has 1 saturated heterocycles. The van der Waals surface area contributed by atoms with Gasteiger partial charge in [-0.1, -0.05) is 15.9 Å². The normalized spacial score (nSPS) is 17.2. The summed E-state index contributed by atoms with van der Waals surface area (Å²) in [6, 6.07) is 7.67. The van der Waals surface area contributed by atoms with Gasteiger partial charge >= 0.3 is 0 Å². The highest BCUT2D eigenvalue weighted by Gasteiger charge is 2.26. The number of benzene rings is 1. The second-order valence-corrected chi connectivity index (χ2v) is 8.76. The minimum absolute atomic E-state index is 0.146. The molecule has 0 aliphatic carbocycles. The molecule has 7 nitrogen and oxygen atoms in total. The number of hydrogen-bond donors (Lipinski definition) is 0. The molecular weight excluding hydrogens is 396 g/mol. The Morgan fingerprint density at radius 2 is 1.79 bits per heavy atom. The average molecular weight is 415 g/mol. The van der Waals surface area contributed by atoms with Crippen LogP contribution in [0.1, 0.15) is 12.8 Å². The molecule has 3 rings (SSSR count). The van der Waals surface area contributed by atoms with Gasteiger partial charge in [0, 0.05) is 36.2 Å². The molecule has 1 aliphatic rings. The van der Waals surface area contributed by atoms with E-state index < -0.39 is 10.0 Å². The zero-order valence-electron chi connectivity index (χ0n) is 13.4. The number of halogens is 1. The first-order valence-corrected chi connectivity index (χ1v) is 10.2. The SMILES string of the molecule is CCS(=O)(=O)N1CCN(Cc2nnc(-c3ccc(Br)cc3)o2)CC1. The van der Waals surface area contributed by atoms with Crippen molar-refractivity contribution in [3.63, 3.8) is 0 Å². The van der Waals surface area contributed by atoms with E-state index in [2.05, 4.69) is 31.0 Å². The Hall–Kier alpha value is -1.29. The summed E-state index contributed by atoms with van der Waals surface area (Å²) in [5, 5.41) is 8.18. The minimum Gasteiger partial charge on any atom is -0.419 e. The van der Waals surface area contributed by atoms with Gasteiger partial charge in [-0.05, 0) is 31.2 Å². The third-order valence-electron chi connectivity index (χ3n) is 4.01. The van der Waals surface area contributed by atoms with Crippen LogP contribution in [0.4, 0.5) is 0 Å². The van der Waals surface area contributed by atoms with Gasteiger partial charge in [-0.15, -0.1) is 10.2 Å². The lowest BCUT2D eigenvalue weighted by molar-refractivity contribution is 0.169. The van der Waals surface area contributed by atoms with Gasteiger partial charge in [0.25, 0.3) is 0 Å². The highest BCUT2D eigenvalue weighted by molar-refractivity contribution is 9.10. The molecule has 2 aromatic rings. The van der Waals surface area contributed by atoms with Gasteiger partial charge < -0.3 is 4.42 Å². The monoisotopic (exact) mass is 414 g/mol. The highest BCUT2D eigenvalue weighted by Crippen LogP contribution is 2.21. The van der Waals surface area contributed by atoms with Crippen LogP contribution in [0, 0.1) is 0 Å². The average Bonchev–Trinajstić information content (AvgIpc) is 3.04. The van der Waals surface area contributed by atoms with E-state index in [1.165, 1.54) is 0 Å². The van der Waals surface area contributed by atoms with E-state index in [0.717, 1.165) is 10.0 Å². The Labute approximate surface area is 149 Å². The van der Waals surface area contributed by atoms with Crippen molar-refractivity contribution in [2.45, 2.75) is 13.5 Å². The van der Waals surface area contributed by atoms with Crippen LogP contribution in [0.15, 0.2) is 33.2 Å². The molecule has 9 heteroatoms. The van der Waals surface area contributed by atoms with Crippen LogP contribution in [0.3, 0.4) is 0 Å². The third-order valence-corrected chi connectivity index (χ3v) is 6.42. The van der Waals surface area contributed by atoms with Gasteiger partial charge in [0.05, 0.1) is 12.3 Å². The number of sulfonamides is 1. The van der Waals surface area contributed by atoms with Crippen LogP contribution in [0.5, 0.6) is 0 Å². The lowest BCUT2D eigenvalue weighted by Gasteiger charge is -2.32. The summed E-state index contributed by atoms with van der Waals surface area (Å²) in [7, 11) is -3.10. The topological polar surface area (TPSA) is 79.5 Å². The zero-order chi connectivity index (χ0) is 17.2. The molecule has 0 amide bonds. The predicted octanol–water partition coefficient (Wildman–Crippen LogP) is 1.97. The second kappa shape index (κ2) is 7.30. The molecule has 1 aromatic carbocycles. The summed E-state index contributed by atoms with van der Waals surface area (Å²) in [5.41, 5.74) is 0.871. The van der Waals surface area contributed by atoms with Crippen molar-refractivity contribution in [3.8, 4) is 11.5 Å². The van der Waals surface area contributed by atoms with Crippen LogP contribution < -0.4 is 0 Å². The van der Waals surface area contributed by atoms with Gasteiger partial charge in [-0.25, -0.2) is 8.42 Å². The van der Waals surface area contributed by atoms with Gasteiger partial charge in [0.15, 0.2) is 0 Å². The number of rotatable bonds is 5. The number of piperazine rings is 1. The Balaban J connectivity index is 1.59. The maximum absolute atomic E-state index is 11.9. The maximum Gasteiger partial charge on any atom is 0.247 e. The van der Waals surface area contributed by atoms with E-state index in [-0.39, 0.29) is 5.75 Å². The fraction of sp³-hybridized carbons (Fsp3) is 0.467. The molecule has 1 aliphatic heterocycles. The summed E-state index contributed by atoms with van der Waals surface area (Å²) in [4.78, 5) is 2.13. The molecular formula is C15H19BrN4O3S. The van der Waals surface area contributed by atoms with Crippen LogP contribution in [0.25, 0.3) is 11.5 Å². The predicted molar refractivity (Wildman–Crippen MR) is 93.7 cm³/mol. The number of hydrogen-bond acceptors (Lipinski definition) is 6. The highest BCUT2D eigenvalue weighted by atomic mass is 79.9. The van der Waals surface area contributed by atoms with E-state index >= 15 is 0 Å². The molecule has 0 atom stereocenters. The molecule has 24 heavy (non-hydrogen) atoms. The van der Waals surface area contributed by atoms with Crippen molar-refractivity contribution < 1.29 is 12.8 Å². The Kier molecular flexibility index (Phi) is 5.33. The van der Waals surface area contributed by atoms with Crippen molar-refractivity contribution in [1.29, 1.82) is 0 Å². The fourth-order valence-electron chi connectivity index (χ4n) is 2.57. The van der Waals surface area contributed by atoms with Crippen LogP contribution in [0.2, 0.25) is 0 Å². The molecule has 130 valence electrons. The fourth-order valence-corrected chi connectivity index (χ4v) is 3.92. The van der Waals surface area contributed by atoms with E-state index in [1.54, 1.807) is 11.2 Å². The summed E-state index contributed by atoms with van der Waals surface area (Å²) < 4.78 is 32.0. The first kappa shape index (κ1) is 17.5. The Morgan fingerprint density at radius 3 is 2.42 bits per heavy atom. The Bertz CT molecular complexity index is 783. The first-order valence-electron chi connectivity index (χ1n) is 7.76. The van der Waals surface area contributed by atoms with Crippen molar-refractivity contribution in [2.75, 3.05) is 31.9 Å². The molecule has 0 radical (unpaired) electrons. The van der Waals surface area contributed by atoms with E-state index in [0.29, 0.717) is 44.5 Å². The van der Waals surface area contributed by atoms with Crippen molar-refractivity contribution in [1.82, 2.24) is 19.4 Å². The molecule has 1 fully saturated rings. The zero-order valence-corrected chi connectivity index (χ0v) is 15.8. The van der Waals surface area contributed by atoms with E-state index in [1.807, 2.05) is 24.3 Å². The molecule has 0 spiro atoms. The van der Waals surface area contributed by atoms with Gasteiger partial charge in [0.1, 0.15) is 0 Å². The lowest BCUT2D eigenvalue weighted by atomic mass is 10.2.